The number of aromatic nitrogens is 1. The van der Waals surface area contributed by atoms with Crippen molar-refractivity contribution in [2.75, 3.05) is 14.2 Å². The number of methoxy groups -OCH3 is 2. The van der Waals surface area contributed by atoms with Crippen molar-refractivity contribution in [2.45, 2.75) is 13.8 Å². The number of aryl methyl sites for hydroxylation is 2. The predicted molar refractivity (Wildman–Crippen MR) is 70.1 cm³/mol. The van der Waals surface area contributed by atoms with Crippen LogP contribution in [0.1, 0.15) is 11.1 Å². The maximum atomic E-state index is 5.30. The van der Waals surface area contributed by atoms with Crippen LogP contribution < -0.4 is 9.47 Å². The molecule has 0 atom stereocenters. The van der Waals surface area contributed by atoms with Gasteiger partial charge in [0.15, 0.2) is 0 Å². The van der Waals surface area contributed by atoms with Gasteiger partial charge in [-0.1, -0.05) is 11.3 Å². The molecule has 0 aliphatic rings. The molecule has 3 nitrogen and oxygen atoms in total. The van der Waals surface area contributed by atoms with Crippen molar-refractivity contribution in [3.8, 4) is 22.2 Å². The van der Waals surface area contributed by atoms with Crippen molar-refractivity contribution < 1.29 is 9.47 Å². The molecule has 0 fully saturated rings. The first-order chi connectivity index (χ1) is 8.15. The molecule has 4 heteroatoms. The number of thiazole rings is 1. The molecular weight excluding hydrogens is 234 g/mol. The molecule has 90 valence electrons. The molecule has 0 N–H and O–H groups in total. The van der Waals surface area contributed by atoms with Gasteiger partial charge in [0.05, 0.1) is 19.9 Å². The van der Waals surface area contributed by atoms with Crippen LogP contribution in [0.25, 0.3) is 11.3 Å². The van der Waals surface area contributed by atoms with Gasteiger partial charge in [-0.2, -0.15) is 0 Å². The van der Waals surface area contributed by atoms with Crippen LogP contribution >= 0.6 is 11.3 Å². The molecule has 1 aromatic heterocycles. The second-order valence-electron chi connectivity index (χ2n) is 3.84. The summed E-state index contributed by atoms with van der Waals surface area (Å²) in [5.74, 6) is 0.911. The highest BCUT2D eigenvalue weighted by Crippen LogP contribution is 2.32. The topological polar surface area (TPSA) is 31.4 Å². The summed E-state index contributed by atoms with van der Waals surface area (Å²) in [6, 6.07) is 4.14. The van der Waals surface area contributed by atoms with Gasteiger partial charge in [0.25, 0.3) is 5.19 Å². The molecular formula is C13H15NO2S. The number of benzene rings is 1. The summed E-state index contributed by atoms with van der Waals surface area (Å²) in [6.45, 7) is 4.09. The van der Waals surface area contributed by atoms with Gasteiger partial charge in [0.2, 0.25) is 0 Å². The zero-order valence-electron chi connectivity index (χ0n) is 10.4. The second kappa shape index (κ2) is 4.75. The van der Waals surface area contributed by atoms with Gasteiger partial charge in [-0.05, 0) is 37.1 Å². The molecule has 1 aromatic carbocycles. The van der Waals surface area contributed by atoms with Crippen LogP contribution in [0.15, 0.2) is 17.5 Å². The predicted octanol–water partition coefficient (Wildman–Crippen LogP) is 3.44. The van der Waals surface area contributed by atoms with Crippen LogP contribution in [-0.4, -0.2) is 19.2 Å². The van der Waals surface area contributed by atoms with E-state index in [1.165, 1.54) is 11.3 Å². The summed E-state index contributed by atoms with van der Waals surface area (Å²) < 4.78 is 10.4. The first-order valence-electron chi connectivity index (χ1n) is 5.31. The van der Waals surface area contributed by atoms with Crippen LogP contribution in [0.5, 0.6) is 10.9 Å². The normalized spacial score (nSPS) is 10.4. The van der Waals surface area contributed by atoms with Crippen molar-refractivity contribution in [3.63, 3.8) is 0 Å². The Hall–Kier alpha value is -1.55. The van der Waals surface area contributed by atoms with E-state index < -0.39 is 0 Å². The SMILES string of the molecule is COc1nc(-c2cc(C)c(OC)cc2C)cs1. The van der Waals surface area contributed by atoms with Crippen molar-refractivity contribution >= 4 is 11.3 Å². The third-order valence-corrected chi connectivity index (χ3v) is 3.48. The van der Waals surface area contributed by atoms with Gasteiger partial charge in [0.1, 0.15) is 5.75 Å². The molecule has 0 aliphatic carbocycles. The molecule has 17 heavy (non-hydrogen) atoms. The summed E-state index contributed by atoms with van der Waals surface area (Å²) in [4.78, 5) is 4.41. The van der Waals surface area contributed by atoms with E-state index in [0.717, 1.165) is 28.1 Å². The summed E-state index contributed by atoms with van der Waals surface area (Å²) in [5.41, 5.74) is 4.35. The lowest BCUT2D eigenvalue weighted by molar-refractivity contribution is 0.411. The fraction of sp³-hybridized carbons (Fsp3) is 0.308. The van der Waals surface area contributed by atoms with Crippen LogP contribution in [0.2, 0.25) is 0 Å². The van der Waals surface area contributed by atoms with E-state index in [1.807, 2.05) is 18.4 Å². The van der Waals surface area contributed by atoms with Crippen LogP contribution in [0, 0.1) is 13.8 Å². The number of hydrogen-bond donors (Lipinski definition) is 0. The zero-order valence-corrected chi connectivity index (χ0v) is 11.2. The van der Waals surface area contributed by atoms with Crippen LogP contribution in [-0.2, 0) is 0 Å². The lowest BCUT2D eigenvalue weighted by atomic mass is 10.0. The molecule has 0 spiro atoms. The van der Waals surface area contributed by atoms with Crippen LogP contribution in [0.3, 0.4) is 0 Å². The van der Waals surface area contributed by atoms with E-state index in [0.29, 0.717) is 5.19 Å². The fourth-order valence-electron chi connectivity index (χ4n) is 1.76. The minimum absolute atomic E-state index is 0.688. The van der Waals surface area contributed by atoms with Crippen molar-refractivity contribution in [2.24, 2.45) is 0 Å². The van der Waals surface area contributed by atoms with Gasteiger partial charge in [-0.25, -0.2) is 4.98 Å². The van der Waals surface area contributed by atoms with Gasteiger partial charge < -0.3 is 9.47 Å². The van der Waals surface area contributed by atoms with Crippen LogP contribution in [0.4, 0.5) is 0 Å². The summed E-state index contributed by atoms with van der Waals surface area (Å²) in [7, 11) is 3.32. The number of rotatable bonds is 3. The third kappa shape index (κ3) is 2.26. The highest BCUT2D eigenvalue weighted by molar-refractivity contribution is 7.11. The molecule has 0 saturated carbocycles. The van der Waals surface area contributed by atoms with E-state index in [-0.39, 0.29) is 0 Å². The maximum Gasteiger partial charge on any atom is 0.273 e. The zero-order chi connectivity index (χ0) is 12.4. The largest absolute Gasteiger partial charge is 0.496 e. The average Bonchev–Trinajstić information content (AvgIpc) is 2.80. The van der Waals surface area contributed by atoms with Crippen molar-refractivity contribution in [3.05, 3.63) is 28.6 Å². The quantitative estimate of drug-likeness (QED) is 0.835. The summed E-state index contributed by atoms with van der Waals surface area (Å²) >= 11 is 1.50. The fourth-order valence-corrected chi connectivity index (χ4v) is 2.40. The average molecular weight is 249 g/mol. The molecule has 0 bridgehead atoms. The minimum Gasteiger partial charge on any atom is -0.496 e. The molecule has 0 amide bonds. The van der Waals surface area contributed by atoms with E-state index in [2.05, 4.69) is 18.0 Å². The third-order valence-electron chi connectivity index (χ3n) is 2.68. The Labute approximate surface area is 105 Å². The monoisotopic (exact) mass is 249 g/mol. The molecule has 2 rings (SSSR count). The van der Waals surface area contributed by atoms with E-state index in [9.17, 15) is 0 Å². The lowest BCUT2D eigenvalue weighted by Gasteiger charge is -2.09. The Morgan fingerprint density at radius 3 is 2.41 bits per heavy atom. The molecule has 0 aliphatic heterocycles. The van der Waals surface area contributed by atoms with Crippen molar-refractivity contribution in [1.29, 1.82) is 0 Å². The molecule has 0 saturated heterocycles. The van der Waals surface area contributed by atoms with E-state index in [1.54, 1.807) is 14.2 Å². The van der Waals surface area contributed by atoms with Gasteiger partial charge >= 0.3 is 0 Å². The Morgan fingerprint density at radius 1 is 1.06 bits per heavy atom. The molecule has 0 radical (unpaired) electrons. The second-order valence-corrected chi connectivity index (χ2v) is 4.66. The highest BCUT2D eigenvalue weighted by Gasteiger charge is 2.10. The smallest absolute Gasteiger partial charge is 0.273 e. The Kier molecular flexibility index (Phi) is 3.33. The number of hydrogen-bond acceptors (Lipinski definition) is 4. The minimum atomic E-state index is 0.688. The Morgan fingerprint density at radius 2 is 1.82 bits per heavy atom. The number of ether oxygens (including phenoxy) is 2. The van der Waals surface area contributed by atoms with Gasteiger partial charge in [-0.3, -0.25) is 0 Å². The first kappa shape index (κ1) is 11.9. The maximum absolute atomic E-state index is 5.30. The summed E-state index contributed by atoms with van der Waals surface area (Å²) in [5, 5.41) is 2.69. The lowest BCUT2D eigenvalue weighted by Crippen LogP contribution is -1.91. The Balaban J connectivity index is 2.48. The van der Waals surface area contributed by atoms with Gasteiger partial charge in [-0.15, -0.1) is 0 Å². The standard InChI is InChI=1S/C13H15NO2S/c1-8-6-12(15-3)9(2)5-10(8)11-7-17-13(14-11)16-4/h5-7H,1-4H3. The Bertz CT molecular complexity index is 534. The molecule has 2 aromatic rings. The highest BCUT2D eigenvalue weighted by atomic mass is 32.1. The van der Waals surface area contributed by atoms with E-state index >= 15 is 0 Å². The number of nitrogens with zero attached hydrogens (tertiary/aromatic N) is 1. The first-order valence-corrected chi connectivity index (χ1v) is 6.18. The van der Waals surface area contributed by atoms with Crippen molar-refractivity contribution in [1.82, 2.24) is 4.98 Å². The summed E-state index contributed by atoms with van der Waals surface area (Å²) in [6.07, 6.45) is 0. The van der Waals surface area contributed by atoms with Gasteiger partial charge in [0, 0.05) is 10.9 Å². The molecule has 1 heterocycles. The van der Waals surface area contributed by atoms with E-state index in [4.69, 9.17) is 9.47 Å². The molecule has 0 unspecified atom stereocenters.